The van der Waals surface area contributed by atoms with Gasteiger partial charge in [-0.05, 0) is 31.6 Å². The molecule has 0 aromatic heterocycles. The highest BCUT2D eigenvalue weighted by Crippen LogP contribution is 2.27. The first-order valence-corrected chi connectivity index (χ1v) is 9.35. The lowest BCUT2D eigenvalue weighted by molar-refractivity contribution is 0.276. The molecule has 0 aromatic rings. The van der Waals surface area contributed by atoms with Crippen molar-refractivity contribution in [2.24, 2.45) is 5.92 Å². The maximum atomic E-state index is 12.5. The van der Waals surface area contributed by atoms with E-state index in [-0.39, 0.29) is 6.04 Å². The first-order chi connectivity index (χ1) is 9.13. The molecule has 0 amide bonds. The molecule has 2 aliphatic rings. The van der Waals surface area contributed by atoms with Gasteiger partial charge in [-0.3, -0.25) is 0 Å². The molecule has 5 heteroatoms. The summed E-state index contributed by atoms with van der Waals surface area (Å²) in [6.07, 6.45) is 9.98. The summed E-state index contributed by atoms with van der Waals surface area (Å²) in [4.78, 5) is 0. The molecular formula is C14H28N2O2S. The average molecular weight is 288 g/mol. The standard InChI is InChI=1S/C14H28N2O2S/c1-2-13-9-5-6-10-14(13)15-19(17,18)16-11-7-3-4-8-12-16/h13-15H,2-12H2,1H3/t13-,14+/m0/s1. The van der Waals surface area contributed by atoms with Crippen LogP contribution in [-0.2, 0) is 10.2 Å². The first kappa shape index (κ1) is 15.3. The Morgan fingerprint density at radius 3 is 2.26 bits per heavy atom. The van der Waals surface area contributed by atoms with Gasteiger partial charge in [0.1, 0.15) is 0 Å². The van der Waals surface area contributed by atoms with Gasteiger partial charge in [0.15, 0.2) is 0 Å². The summed E-state index contributed by atoms with van der Waals surface area (Å²) in [6, 6.07) is 0.159. The van der Waals surface area contributed by atoms with Gasteiger partial charge in [-0.1, -0.05) is 39.0 Å². The molecule has 1 saturated heterocycles. The molecule has 1 heterocycles. The minimum atomic E-state index is -3.27. The Balaban J connectivity index is 1.98. The van der Waals surface area contributed by atoms with Crippen LogP contribution in [0.2, 0.25) is 0 Å². The largest absolute Gasteiger partial charge is 0.279 e. The normalized spacial score (nSPS) is 31.0. The van der Waals surface area contributed by atoms with Crippen LogP contribution in [0.25, 0.3) is 0 Å². The third kappa shape index (κ3) is 4.17. The zero-order valence-corrected chi connectivity index (χ0v) is 12.9. The minimum absolute atomic E-state index is 0.159. The third-order valence-corrected chi connectivity index (χ3v) is 6.28. The molecule has 2 atom stereocenters. The predicted molar refractivity (Wildman–Crippen MR) is 78.1 cm³/mol. The topological polar surface area (TPSA) is 49.4 Å². The molecule has 2 fully saturated rings. The van der Waals surface area contributed by atoms with Gasteiger partial charge in [0.05, 0.1) is 0 Å². The summed E-state index contributed by atoms with van der Waals surface area (Å²) in [5.74, 6) is 0.524. The van der Waals surface area contributed by atoms with Gasteiger partial charge in [0.25, 0.3) is 10.2 Å². The molecule has 2 rings (SSSR count). The first-order valence-electron chi connectivity index (χ1n) is 7.91. The molecular weight excluding hydrogens is 260 g/mol. The highest BCUT2D eigenvalue weighted by Gasteiger charge is 2.30. The smallest absolute Gasteiger partial charge is 0.199 e. The van der Waals surface area contributed by atoms with Crippen molar-refractivity contribution >= 4 is 10.2 Å². The molecule has 1 N–H and O–H groups in total. The molecule has 0 radical (unpaired) electrons. The Morgan fingerprint density at radius 2 is 1.63 bits per heavy atom. The van der Waals surface area contributed by atoms with Gasteiger partial charge >= 0.3 is 0 Å². The second-order valence-electron chi connectivity index (χ2n) is 6.00. The van der Waals surface area contributed by atoms with E-state index in [0.29, 0.717) is 19.0 Å². The van der Waals surface area contributed by atoms with Crippen LogP contribution in [-0.4, -0.2) is 31.9 Å². The van der Waals surface area contributed by atoms with Gasteiger partial charge in [0, 0.05) is 19.1 Å². The van der Waals surface area contributed by atoms with Gasteiger partial charge in [-0.2, -0.15) is 17.4 Å². The lowest BCUT2D eigenvalue weighted by Crippen LogP contribution is -2.49. The Kier molecular flexibility index (Phi) is 5.66. The summed E-state index contributed by atoms with van der Waals surface area (Å²) in [7, 11) is -3.27. The fourth-order valence-electron chi connectivity index (χ4n) is 3.40. The van der Waals surface area contributed by atoms with E-state index in [1.165, 1.54) is 12.8 Å². The molecule has 0 unspecified atom stereocenters. The van der Waals surface area contributed by atoms with Crippen LogP contribution in [0.1, 0.15) is 64.7 Å². The Labute approximate surface area is 118 Å². The molecule has 1 saturated carbocycles. The van der Waals surface area contributed by atoms with Crippen LogP contribution in [0.3, 0.4) is 0 Å². The van der Waals surface area contributed by atoms with Crippen molar-refractivity contribution in [1.29, 1.82) is 0 Å². The molecule has 1 aliphatic carbocycles. The van der Waals surface area contributed by atoms with Crippen LogP contribution in [0, 0.1) is 5.92 Å². The number of nitrogens with zero attached hydrogens (tertiary/aromatic N) is 1. The molecule has 0 spiro atoms. The highest BCUT2D eigenvalue weighted by molar-refractivity contribution is 7.87. The van der Waals surface area contributed by atoms with Crippen molar-refractivity contribution in [2.45, 2.75) is 70.8 Å². The second-order valence-corrected chi connectivity index (χ2v) is 7.70. The van der Waals surface area contributed by atoms with E-state index in [0.717, 1.165) is 44.9 Å². The van der Waals surface area contributed by atoms with Crippen LogP contribution in [0.5, 0.6) is 0 Å². The van der Waals surface area contributed by atoms with Crippen molar-refractivity contribution in [3.63, 3.8) is 0 Å². The average Bonchev–Trinajstić information content (AvgIpc) is 2.68. The SMILES string of the molecule is CC[C@H]1CCCC[C@H]1NS(=O)(=O)N1CCCCCC1. The van der Waals surface area contributed by atoms with Gasteiger partial charge < -0.3 is 0 Å². The van der Waals surface area contributed by atoms with Gasteiger partial charge in [-0.15, -0.1) is 0 Å². The summed E-state index contributed by atoms with van der Waals surface area (Å²) >= 11 is 0. The lowest BCUT2D eigenvalue weighted by Gasteiger charge is -2.33. The second kappa shape index (κ2) is 7.04. The summed E-state index contributed by atoms with van der Waals surface area (Å²) in [5.41, 5.74) is 0. The van der Waals surface area contributed by atoms with Gasteiger partial charge in [-0.25, -0.2) is 0 Å². The van der Waals surface area contributed by atoms with E-state index in [4.69, 9.17) is 0 Å². The van der Waals surface area contributed by atoms with E-state index >= 15 is 0 Å². The Bertz CT molecular complexity index is 362. The maximum Gasteiger partial charge on any atom is 0.279 e. The van der Waals surface area contributed by atoms with Crippen LogP contribution >= 0.6 is 0 Å². The van der Waals surface area contributed by atoms with Crippen molar-refractivity contribution in [3.05, 3.63) is 0 Å². The number of nitrogens with one attached hydrogen (secondary N) is 1. The third-order valence-electron chi connectivity index (χ3n) is 4.64. The summed E-state index contributed by atoms with van der Waals surface area (Å²) in [5, 5.41) is 0. The van der Waals surface area contributed by atoms with Crippen molar-refractivity contribution < 1.29 is 8.42 Å². The molecule has 19 heavy (non-hydrogen) atoms. The summed E-state index contributed by atoms with van der Waals surface area (Å²) in [6.45, 7) is 3.56. The molecule has 112 valence electrons. The molecule has 1 aliphatic heterocycles. The zero-order chi connectivity index (χ0) is 13.7. The minimum Gasteiger partial charge on any atom is -0.199 e. The summed E-state index contributed by atoms with van der Waals surface area (Å²) < 4.78 is 29.6. The van der Waals surface area contributed by atoms with Crippen LogP contribution in [0.15, 0.2) is 0 Å². The zero-order valence-electron chi connectivity index (χ0n) is 12.1. The number of hydrogen-bond acceptors (Lipinski definition) is 2. The van der Waals surface area contributed by atoms with Crippen molar-refractivity contribution in [3.8, 4) is 0 Å². The predicted octanol–water partition coefficient (Wildman–Crippen LogP) is 2.67. The van der Waals surface area contributed by atoms with Crippen molar-refractivity contribution in [2.75, 3.05) is 13.1 Å². The fraction of sp³-hybridized carbons (Fsp3) is 1.00. The number of rotatable bonds is 4. The molecule has 0 aromatic carbocycles. The molecule has 4 nitrogen and oxygen atoms in total. The van der Waals surface area contributed by atoms with E-state index < -0.39 is 10.2 Å². The van der Waals surface area contributed by atoms with Gasteiger partial charge in [0.2, 0.25) is 0 Å². The number of hydrogen-bond donors (Lipinski definition) is 1. The van der Waals surface area contributed by atoms with E-state index in [9.17, 15) is 8.42 Å². The van der Waals surface area contributed by atoms with Crippen LogP contribution < -0.4 is 4.72 Å². The lowest BCUT2D eigenvalue weighted by atomic mass is 9.83. The maximum absolute atomic E-state index is 12.5. The highest BCUT2D eigenvalue weighted by atomic mass is 32.2. The monoisotopic (exact) mass is 288 g/mol. The van der Waals surface area contributed by atoms with Crippen LogP contribution in [0.4, 0.5) is 0 Å². The molecule has 0 bridgehead atoms. The van der Waals surface area contributed by atoms with E-state index in [1.54, 1.807) is 4.31 Å². The van der Waals surface area contributed by atoms with Crippen molar-refractivity contribution in [1.82, 2.24) is 9.03 Å². The Morgan fingerprint density at radius 1 is 1.00 bits per heavy atom. The van der Waals surface area contributed by atoms with E-state index in [1.807, 2.05) is 0 Å². The fourth-order valence-corrected chi connectivity index (χ4v) is 4.98. The Hall–Kier alpha value is -0.130. The van der Waals surface area contributed by atoms with E-state index in [2.05, 4.69) is 11.6 Å². The quantitative estimate of drug-likeness (QED) is 0.864.